The van der Waals surface area contributed by atoms with Crippen molar-refractivity contribution in [1.29, 1.82) is 0 Å². The van der Waals surface area contributed by atoms with Gasteiger partial charge in [-0.1, -0.05) is 125 Å². The van der Waals surface area contributed by atoms with Crippen LogP contribution in [0, 0.1) is 36.9 Å². The number of carboxylic acids is 1. The Kier molecular flexibility index (Phi) is 23.6. The number of piperazine rings is 1. The molecule has 5 N–H and O–H groups in total. The number of anilines is 4. The SMILES string of the molecule is Cc1ncsc1-c1ccc([C@H](C)NC(=O)[C@@H]2C[C@@H](O)CN2C(=O)C(NC(=O)CCCCCCCCCCCN2CCN(CC#Cc3ccc(OCCCc4sc(N5CCCc6c5nnc(Nc5nc7ccccc7s5)c6C)nc4C(=O)O)c(F)c3)CC2)C(C)(C)C)cc1. The highest BCUT2D eigenvalue weighted by Gasteiger charge is 2.45. The maximum absolute atomic E-state index is 15.3. The number of carbonyl (C=O) groups excluding carboxylic acids is 3. The number of aromatic nitrogens is 5. The number of halogens is 1. The van der Waals surface area contributed by atoms with Gasteiger partial charge in [0.05, 0.1) is 51.6 Å². The molecule has 0 spiro atoms. The van der Waals surface area contributed by atoms with E-state index >= 15 is 4.39 Å². The molecule has 3 aromatic carbocycles. The number of aliphatic hydroxyl groups excluding tert-OH is 1. The molecule has 93 heavy (non-hydrogen) atoms. The van der Waals surface area contributed by atoms with Crippen LogP contribution in [0.5, 0.6) is 5.75 Å². The molecule has 3 amide bonds. The number of fused-ring (bicyclic) bond motifs is 2. The molecule has 10 rings (SSSR count). The lowest BCUT2D eigenvalue weighted by Crippen LogP contribution is -2.57. The monoisotopic (exact) mass is 1320 g/mol. The second-order valence-corrected chi connectivity index (χ2v) is 28.7. The number of likely N-dealkylation sites (tertiary alicyclic amines) is 1. The van der Waals surface area contributed by atoms with E-state index < -0.39 is 35.4 Å². The molecule has 3 aliphatic rings. The van der Waals surface area contributed by atoms with Crippen molar-refractivity contribution in [2.75, 3.05) is 69.2 Å². The number of aromatic carboxylic acids is 1. The third-order valence-corrected chi connectivity index (χ3v) is 20.8. The van der Waals surface area contributed by atoms with Crippen LogP contribution < -0.4 is 25.6 Å². The van der Waals surface area contributed by atoms with Gasteiger partial charge in [-0.15, -0.1) is 32.9 Å². The third kappa shape index (κ3) is 18.1. The van der Waals surface area contributed by atoms with Crippen LogP contribution in [0.1, 0.15) is 161 Å². The first-order chi connectivity index (χ1) is 44.9. The van der Waals surface area contributed by atoms with Gasteiger partial charge in [-0.3, -0.25) is 19.3 Å². The van der Waals surface area contributed by atoms with Crippen LogP contribution in [0.3, 0.4) is 0 Å². The maximum atomic E-state index is 15.3. The van der Waals surface area contributed by atoms with E-state index in [-0.39, 0.29) is 54.8 Å². The molecular weight excluding hydrogens is 1240 g/mol. The number of hydrogen-bond acceptors (Lipinski definition) is 18. The van der Waals surface area contributed by atoms with Gasteiger partial charge in [0.25, 0.3) is 0 Å². The van der Waals surface area contributed by atoms with Crippen molar-refractivity contribution < 1.29 is 38.5 Å². The van der Waals surface area contributed by atoms with Gasteiger partial charge in [-0.25, -0.2) is 24.1 Å². The van der Waals surface area contributed by atoms with Crippen molar-refractivity contribution in [2.24, 2.45) is 5.41 Å². The Balaban J connectivity index is 0.562. The summed E-state index contributed by atoms with van der Waals surface area (Å²) in [4.78, 5) is 77.1. The van der Waals surface area contributed by atoms with Crippen molar-refractivity contribution in [1.82, 2.24) is 50.5 Å². The number of aliphatic hydroxyl groups is 1. The summed E-state index contributed by atoms with van der Waals surface area (Å²) in [5, 5.41) is 40.7. The molecule has 23 heteroatoms. The Morgan fingerprint density at radius 3 is 2.29 bits per heavy atom. The largest absolute Gasteiger partial charge is 0.491 e. The van der Waals surface area contributed by atoms with E-state index in [1.807, 2.05) is 100 Å². The molecule has 19 nitrogen and oxygen atoms in total. The van der Waals surface area contributed by atoms with Crippen LogP contribution in [0.25, 0.3) is 20.7 Å². The van der Waals surface area contributed by atoms with Crippen LogP contribution in [0.15, 0.2) is 72.2 Å². The van der Waals surface area contributed by atoms with Crippen molar-refractivity contribution in [3.8, 4) is 28.0 Å². The number of carboxylic acid groups (broad SMARTS) is 1. The van der Waals surface area contributed by atoms with E-state index in [0.29, 0.717) is 59.6 Å². The second-order valence-electron chi connectivity index (χ2n) is 25.7. The van der Waals surface area contributed by atoms with E-state index in [9.17, 15) is 29.4 Å². The summed E-state index contributed by atoms with van der Waals surface area (Å²) in [5.74, 6) is 5.33. The van der Waals surface area contributed by atoms with Crippen molar-refractivity contribution in [3.63, 3.8) is 0 Å². The average Bonchev–Trinajstić information content (AvgIpc) is 1.78. The van der Waals surface area contributed by atoms with E-state index in [4.69, 9.17) is 4.74 Å². The Bertz CT molecular complexity index is 3740. The molecule has 0 bridgehead atoms. The first-order valence-corrected chi connectivity index (χ1v) is 35.3. The molecule has 1 unspecified atom stereocenters. The minimum atomic E-state index is -1.11. The molecule has 7 heterocycles. The van der Waals surface area contributed by atoms with E-state index in [1.165, 1.54) is 54.4 Å². The molecule has 494 valence electrons. The zero-order valence-electron chi connectivity index (χ0n) is 54.3. The Labute approximate surface area is 557 Å². The van der Waals surface area contributed by atoms with E-state index in [1.54, 1.807) is 34.8 Å². The first kappa shape index (κ1) is 68.4. The predicted octanol–water partition coefficient (Wildman–Crippen LogP) is 12.2. The molecule has 4 aromatic heterocycles. The second kappa shape index (κ2) is 32.1. The van der Waals surface area contributed by atoms with Crippen molar-refractivity contribution >= 4 is 89.8 Å². The number of ether oxygens (including phenoxy) is 1. The zero-order valence-corrected chi connectivity index (χ0v) is 56.7. The van der Waals surface area contributed by atoms with E-state index in [2.05, 4.69) is 62.7 Å². The average molecular weight is 1320 g/mol. The minimum Gasteiger partial charge on any atom is -0.491 e. The van der Waals surface area contributed by atoms with Gasteiger partial charge >= 0.3 is 5.97 Å². The van der Waals surface area contributed by atoms with Gasteiger partial charge in [0.15, 0.2) is 39.2 Å². The zero-order chi connectivity index (χ0) is 65.6. The number of nitrogens with zero attached hydrogens (tertiary/aromatic N) is 9. The van der Waals surface area contributed by atoms with Gasteiger partial charge < -0.3 is 45.6 Å². The third-order valence-electron chi connectivity index (χ3n) is 17.7. The highest BCUT2D eigenvalue weighted by atomic mass is 32.1. The lowest BCUT2D eigenvalue weighted by atomic mass is 9.85. The fourth-order valence-corrected chi connectivity index (χ4v) is 15.1. The number of aryl methyl sites for hydroxylation is 2. The van der Waals surface area contributed by atoms with Crippen LogP contribution >= 0.6 is 34.0 Å². The number of hydrogen-bond donors (Lipinski definition) is 5. The number of rotatable bonds is 28. The van der Waals surface area contributed by atoms with Gasteiger partial charge in [0, 0.05) is 73.7 Å². The summed E-state index contributed by atoms with van der Waals surface area (Å²) < 4.78 is 22.2. The lowest BCUT2D eigenvalue weighted by molar-refractivity contribution is -0.144. The molecule has 0 radical (unpaired) electrons. The fourth-order valence-electron chi connectivity index (χ4n) is 12.3. The minimum absolute atomic E-state index is 0.00137. The first-order valence-electron chi connectivity index (χ1n) is 32.8. The molecule has 0 saturated carbocycles. The number of unbranched alkanes of at least 4 members (excludes halogenated alkanes) is 8. The van der Waals surface area contributed by atoms with Crippen molar-refractivity contribution in [2.45, 2.75) is 162 Å². The predicted molar refractivity (Wildman–Crippen MR) is 367 cm³/mol. The number of nitrogens with one attached hydrogen (secondary N) is 3. The summed E-state index contributed by atoms with van der Waals surface area (Å²) in [5.41, 5.74) is 7.65. The number of thiazole rings is 3. The molecule has 4 atom stereocenters. The van der Waals surface area contributed by atoms with Crippen LogP contribution in [0.2, 0.25) is 0 Å². The lowest BCUT2D eigenvalue weighted by Gasteiger charge is -2.35. The summed E-state index contributed by atoms with van der Waals surface area (Å²) in [6, 6.07) is 18.7. The van der Waals surface area contributed by atoms with E-state index in [0.717, 1.165) is 119 Å². The summed E-state index contributed by atoms with van der Waals surface area (Å²) >= 11 is 4.46. The standard InChI is InChI=1S/C70H87FN12O7S3/c1-45-52-22-19-35-82(64(52)79-78-63(45)77-68-74-54-23-15-16-24-57(54)92-68)69-76-60(67(88)89)58(93-69)25-20-40-90-56-32-27-48(41-53(56)71)21-18-34-81-38-36-80(37-39-81)33-17-13-11-9-7-8-10-12-14-26-59(85)75-62(70(4,5)6)66(87)83-43-51(84)42-55(83)65(86)73-46(2)49-28-30-50(31-29-49)61-47(3)72-44-91-61/h15-16,23-24,27-32,41,44,46,51,55,62,84H,7-14,17,19-20,22,25-26,33-40,42-43H2,1-6H3,(H,73,86)(H,75,85)(H,88,89)(H,74,77,78)/t46-,51+,55-,62?/m0/s1. The highest BCUT2D eigenvalue weighted by Crippen LogP contribution is 2.40. The summed E-state index contributed by atoms with van der Waals surface area (Å²) in [6.07, 6.45) is 11.9. The maximum Gasteiger partial charge on any atom is 0.355 e. The van der Waals surface area contributed by atoms with Crippen LogP contribution in [-0.4, -0.2) is 151 Å². The molecule has 2 saturated heterocycles. The van der Waals surface area contributed by atoms with Gasteiger partial charge in [-0.2, -0.15) is 0 Å². The van der Waals surface area contributed by atoms with Crippen LogP contribution in [-0.2, 0) is 27.2 Å². The normalized spacial score (nSPS) is 16.8. The van der Waals surface area contributed by atoms with Gasteiger partial charge in [0.2, 0.25) is 17.7 Å². The number of amides is 3. The van der Waals surface area contributed by atoms with Gasteiger partial charge in [0.1, 0.15) is 12.1 Å². The summed E-state index contributed by atoms with van der Waals surface area (Å²) in [6.45, 7) is 18.0. The topological polar surface area (TPSA) is 231 Å². The van der Waals surface area contributed by atoms with Gasteiger partial charge in [-0.05, 0) is 113 Å². The van der Waals surface area contributed by atoms with Crippen molar-refractivity contribution in [3.05, 3.63) is 117 Å². The molecule has 3 aliphatic heterocycles. The Morgan fingerprint density at radius 2 is 1.58 bits per heavy atom. The highest BCUT2D eigenvalue weighted by molar-refractivity contribution is 7.22. The molecule has 7 aromatic rings. The molecular formula is C70H87FN12O7S3. The Hall–Kier alpha value is -7.46. The Morgan fingerprint density at radius 1 is 0.849 bits per heavy atom. The number of β-amino-alcohol motifs (C(OH)–C–C–N with tert-alkyl or cyclic N) is 1. The number of para-hydroxylation sites is 1. The molecule has 0 aliphatic carbocycles. The summed E-state index contributed by atoms with van der Waals surface area (Å²) in [7, 11) is 0. The molecule has 2 fully saturated rings. The number of benzene rings is 3. The quantitative estimate of drug-likeness (QED) is 0.0227. The van der Waals surface area contributed by atoms with Crippen LogP contribution in [0.4, 0.5) is 26.3 Å². The number of carbonyl (C=O) groups is 4. The fraction of sp³-hybridized carbons (Fsp3) is 0.500. The smallest absolute Gasteiger partial charge is 0.355 e.